The highest BCUT2D eigenvalue weighted by molar-refractivity contribution is 5.95. The van der Waals surface area contributed by atoms with Gasteiger partial charge in [0.15, 0.2) is 0 Å². The monoisotopic (exact) mass is 322 g/mol. The number of hydrogen-bond donors (Lipinski definition) is 1. The van der Waals surface area contributed by atoms with E-state index in [4.69, 9.17) is 0 Å². The van der Waals surface area contributed by atoms with Crippen molar-refractivity contribution in [2.45, 2.75) is 52.6 Å². The Morgan fingerprint density at radius 2 is 2.00 bits per heavy atom. The number of amides is 1. The molecule has 130 valence electrons. The molecule has 2 heterocycles. The Morgan fingerprint density at radius 3 is 2.57 bits per heavy atom. The Bertz CT molecular complexity index is 503. The largest absolute Gasteiger partial charge is 0.395 e. The second kappa shape index (κ2) is 8.45. The first kappa shape index (κ1) is 17.9. The lowest BCUT2D eigenvalue weighted by atomic mass is 10.1. The normalized spacial score (nSPS) is 17.5. The van der Waals surface area contributed by atoms with Crippen LogP contribution in [0.15, 0.2) is 6.20 Å². The molecule has 1 aromatic heterocycles. The van der Waals surface area contributed by atoms with Crippen LogP contribution in [0.4, 0.5) is 0 Å². The first-order chi connectivity index (χ1) is 11.1. The van der Waals surface area contributed by atoms with Crippen molar-refractivity contribution >= 4 is 5.91 Å². The highest BCUT2D eigenvalue weighted by atomic mass is 16.3. The molecule has 2 rings (SSSR count). The summed E-state index contributed by atoms with van der Waals surface area (Å²) in [5.74, 6) is 0.0851. The van der Waals surface area contributed by atoms with E-state index >= 15 is 0 Å². The fraction of sp³-hybridized carbons (Fsp3) is 0.765. The van der Waals surface area contributed by atoms with Crippen molar-refractivity contribution in [3.05, 3.63) is 17.5 Å². The number of aliphatic hydroxyl groups is 1. The van der Waals surface area contributed by atoms with Crippen LogP contribution in [0.2, 0.25) is 0 Å². The summed E-state index contributed by atoms with van der Waals surface area (Å²) < 4.78 is 1.94. The van der Waals surface area contributed by atoms with Gasteiger partial charge in [0.1, 0.15) is 0 Å². The van der Waals surface area contributed by atoms with Gasteiger partial charge in [0, 0.05) is 44.5 Å². The zero-order chi connectivity index (χ0) is 16.8. The minimum Gasteiger partial charge on any atom is -0.395 e. The summed E-state index contributed by atoms with van der Waals surface area (Å²) in [6.45, 7) is 10.4. The van der Waals surface area contributed by atoms with Gasteiger partial charge in [-0.1, -0.05) is 20.3 Å². The standard InChI is InChI=1S/C17H30N4O2/c1-4-6-7-21-14(3)16(12-18-21)17(23)20-10-8-19(9-11-20)15(5-2)13-22/h12,15,22H,4-11,13H2,1-3H3. The molecule has 1 aromatic rings. The summed E-state index contributed by atoms with van der Waals surface area (Å²) in [6, 6.07) is 0.214. The van der Waals surface area contributed by atoms with E-state index in [-0.39, 0.29) is 18.6 Å². The highest BCUT2D eigenvalue weighted by Crippen LogP contribution is 2.15. The molecule has 1 fully saturated rings. The van der Waals surface area contributed by atoms with Crippen molar-refractivity contribution in [2.75, 3.05) is 32.8 Å². The van der Waals surface area contributed by atoms with Crippen LogP contribution in [-0.4, -0.2) is 69.4 Å². The summed E-state index contributed by atoms with van der Waals surface area (Å²) in [5, 5.41) is 13.8. The molecule has 1 N–H and O–H groups in total. The van der Waals surface area contributed by atoms with Crippen molar-refractivity contribution in [1.82, 2.24) is 19.6 Å². The lowest BCUT2D eigenvalue weighted by Gasteiger charge is -2.38. The van der Waals surface area contributed by atoms with E-state index < -0.39 is 0 Å². The Balaban J connectivity index is 1.96. The van der Waals surface area contributed by atoms with E-state index in [1.807, 2.05) is 16.5 Å². The Kier molecular flexibility index (Phi) is 6.59. The molecule has 0 bridgehead atoms. The highest BCUT2D eigenvalue weighted by Gasteiger charge is 2.27. The molecule has 0 aliphatic carbocycles. The number of carbonyl (C=O) groups is 1. The van der Waals surface area contributed by atoms with E-state index in [0.29, 0.717) is 0 Å². The van der Waals surface area contributed by atoms with Gasteiger partial charge in [0.05, 0.1) is 18.4 Å². The van der Waals surface area contributed by atoms with Gasteiger partial charge in [-0.2, -0.15) is 5.10 Å². The van der Waals surface area contributed by atoms with Gasteiger partial charge in [0.25, 0.3) is 5.91 Å². The first-order valence-electron chi connectivity index (χ1n) is 8.78. The van der Waals surface area contributed by atoms with Crippen LogP contribution < -0.4 is 0 Å². The molecule has 1 amide bonds. The summed E-state index contributed by atoms with van der Waals surface area (Å²) in [5.41, 5.74) is 1.69. The number of aromatic nitrogens is 2. The molecular formula is C17H30N4O2. The minimum atomic E-state index is 0.0851. The lowest BCUT2D eigenvalue weighted by Crippen LogP contribution is -2.52. The predicted octanol–water partition coefficient (Wildman–Crippen LogP) is 1.52. The Labute approximate surface area is 139 Å². The number of aliphatic hydroxyl groups excluding tert-OH is 1. The maximum atomic E-state index is 12.7. The average Bonchev–Trinajstić information content (AvgIpc) is 2.95. The second-order valence-electron chi connectivity index (χ2n) is 6.29. The van der Waals surface area contributed by atoms with E-state index in [2.05, 4.69) is 23.8 Å². The van der Waals surface area contributed by atoms with Crippen molar-refractivity contribution in [1.29, 1.82) is 0 Å². The number of hydrogen-bond acceptors (Lipinski definition) is 4. The fourth-order valence-electron chi connectivity index (χ4n) is 3.15. The van der Waals surface area contributed by atoms with Gasteiger partial charge >= 0.3 is 0 Å². The third-order valence-corrected chi connectivity index (χ3v) is 4.86. The van der Waals surface area contributed by atoms with E-state index in [9.17, 15) is 9.90 Å². The van der Waals surface area contributed by atoms with E-state index in [1.165, 1.54) is 0 Å². The van der Waals surface area contributed by atoms with Gasteiger partial charge in [-0.05, 0) is 19.8 Å². The lowest BCUT2D eigenvalue weighted by molar-refractivity contribution is 0.0472. The van der Waals surface area contributed by atoms with Crippen LogP contribution in [0, 0.1) is 6.92 Å². The van der Waals surface area contributed by atoms with E-state index in [1.54, 1.807) is 6.20 Å². The number of piperazine rings is 1. The quantitative estimate of drug-likeness (QED) is 0.827. The molecule has 0 spiro atoms. The Morgan fingerprint density at radius 1 is 1.30 bits per heavy atom. The zero-order valence-electron chi connectivity index (χ0n) is 14.7. The maximum absolute atomic E-state index is 12.7. The van der Waals surface area contributed by atoms with Crippen molar-refractivity contribution in [2.24, 2.45) is 0 Å². The topological polar surface area (TPSA) is 61.6 Å². The molecule has 1 atom stereocenters. The summed E-state index contributed by atoms with van der Waals surface area (Å²) in [7, 11) is 0. The third-order valence-electron chi connectivity index (χ3n) is 4.86. The molecule has 1 aliphatic heterocycles. The maximum Gasteiger partial charge on any atom is 0.257 e. The van der Waals surface area contributed by atoms with Crippen molar-refractivity contribution in [3.8, 4) is 0 Å². The third kappa shape index (κ3) is 4.12. The smallest absolute Gasteiger partial charge is 0.257 e. The number of unbranched alkanes of at least 4 members (excludes halogenated alkanes) is 1. The molecule has 6 heteroatoms. The molecule has 1 aliphatic rings. The summed E-state index contributed by atoms with van der Waals surface area (Å²) in [4.78, 5) is 16.9. The van der Waals surface area contributed by atoms with Crippen LogP contribution in [0.3, 0.4) is 0 Å². The zero-order valence-corrected chi connectivity index (χ0v) is 14.7. The number of nitrogens with zero attached hydrogens (tertiary/aromatic N) is 4. The second-order valence-corrected chi connectivity index (χ2v) is 6.29. The molecule has 1 unspecified atom stereocenters. The van der Waals surface area contributed by atoms with Gasteiger partial charge < -0.3 is 10.0 Å². The van der Waals surface area contributed by atoms with Crippen molar-refractivity contribution in [3.63, 3.8) is 0 Å². The van der Waals surface area contributed by atoms with E-state index in [0.717, 1.165) is 63.2 Å². The molecular weight excluding hydrogens is 292 g/mol. The van der Waals surface area contributed by atoms with Gasteiger partial charge in [-0.25, -0.2) is 0 Å². The summed E-state index contributed by atoms with van der Waals surface area (Å²) >= 11 is 0. The molecule has 0 aromatic carbocycles. The molecule has 0 saturated carbocycles. The average molecular weight is 322 g/mol. The van der Waals surface area contributed by atoms with Crippen LogP contribution in [0.1, 0.15) is 49.2 Å². The van der Waals surface area contributed by atoms with Gasteiger partial charge in [-0.15, -0.1) is 0 Å². The first-order valence-corrected chi connectivity index (χ1v) is 8.78. The molecule has 1 saturated heterocycles. The van der Waals surface area contributed by atoms with Gasteiger partial charge in [0.2, 0.25) is 0 Å². The number of rotatable bonds is 7. The fourth-order valence-corrected chi connectivity index (χ4v) is 3.15. The molecule has 0 radical (unpaired) electrons. The van der Waals surface area contributed by atoms with Crippen LogP contribution in [-0.2, 0) is 6.54 Å². The number of aryl methyl sites for hydroxylation is 1. The minimum absolute atomic E-state index is 0.0851. The van der Waals surface area contributed by atoms with Crippen LogP contribution >= 0.6 is 0 Å². The van der Waals surface area contributed by atoms with Crippen molar-refractivity contribution < 1.29 is 9.90 Å². The van der Waals surface area contributed by atoms with Crippen LogP contribution in [0.5, 0.6) is 0 Å². The predicted molar refractivity (Wildman–Crippen MR) is 90.5 cm³/mol. The molecule has 23 heavy (non-hydrogen) atoms. The summed E-state index contributed by atoms with van der Waals surface area (Å²) in [6.07, 6.45) is 4.85. The van der Waals surface area contributed by atoms with Crippen LogP contribution in [0.25, 0.3) is 0 Å². The SMILES string of the molecule is CCCCn1ncc(C(=O)N2CCN(C(CC)CO)CC2)c1C. The Hall–Kier alpha value is -1.40. The van der Waals surface area contributed by atoms with Gasteiger partial charge in [-0.3, -0.25) is 14.4 Å². The number of carbonyl (C=O) groups excluding carboxylic acids is 1. The molecule has 6 nitrogen and oxygen atoms in total.